The molecule has 0 saturated carbocycles. The molecule has 0 radical (unpaired) electrons. The van der Waals surface area contributed by atoms with E-state index in [9.17, 15) is 4.79 Å². The smallest absolute Gasteiger partial charge is 0.227 e. The van der Waals surface area contributed by atoms with Crippen LogP contribution in [0.5, 0.6) is 0 Å². The summed E-state index contributed by atoms with van der Waals surface area (Å²) in [5.41, 5.74) is 5.67. The Hall–Kier alpha value is -2.73. The third-order valence-electron chi connectivity index (χ3n) is 4.12. The molecule has 0 unspecified atom stereocenters. The van der Waals surface area contributed by atoms with Gasteiger partial charge in [0, 0.05) is 17.7 Å². The van der Waals surface area contributed by atoms with Crippen LogP contribution in [-0.4, -0.2) is 16.0 Å². The molecule has 26 heavy (non-hydrogen) atoms. The van der Waals surface area contributed by atoms with Crippen LogP contribution in [0.1, 0.15) is 30.9 Å². The second-order valence-electron chi connectivity index (χ2n) is 6.25. The first-order valence-electron chi connectivity index (χ1n) is 8.55. The number of carbonyl (C=O) groups is 1. The van der Waals surface area contributed by atoms with E-state index in [-0.39, 0.29) is 5.91 Å². The number of benzene rings is 2. The molecule has 6 heteroatoms. The number of anilines is 1. The Morgan fingerprint density at radius 1 is 1.15 bits per heavy atom. The summed E-state index contributed by atoms with van der Waals surface area (Å²) in [6.45, 7) is 6.06. The first-order valence-corrected chi connectivity index (χ1v) is 8.96. The third kappa shape index (κ3) is 4.08. The van der Waals surface area contributed by atoms with Crippen molar-refractivity contribution >= 4 is 40.0 Å². The molecular formula is C20H21N3O2S. The highest BCUT2D eigenvalue weighted by atomic mass is 32.1. The van der Waals surface area contributed by atoms with Crippen LogP contribution in [0.15, 0.2) is 40.8 Å². The molecule has 3 aromatic rings. The van der Waals surface area contributed by atoms with E-state index < -0.39 is 0 Å². The summed E-state index contributed by atoms with van der Waals surface area (Å²) < 4.78 is 5.88. The quantitative estimate of drug-likeness (QED) is 0.653. The molecule has 0 spiro atoms. The van der Waals surface area contributed by atoms with Crippen molar-refractivity contribution in [3.63, 3.8) is 0 Å². The third-order valence-corrected chi connectivity index (χ3v) is 4.33. The summed E-state index contributed by atoms with van der Waals surface area (Å²) in [6, 6.07) is 11.6. The van der Waals surface area contributed by atoms with Gasteiger partial charge in [-0.3, -0.25) is 4.79 Å². The molecule has 0 aliphatic rings. The largest absolute Gasteiger partial charge is 0.436 e. The number of nitrogens with zero attached hydrogens (tertiary/aromatic N) is 1. The molecule has 1 aromatic heterocycles. The lowest BCUT2D eigenvalue weighted by atomic mass is 10.1. The minimum Gasteiger partial charge on any atom is -0.436 e. The molecule has 0 aliphatic carbocycles. The van der Waals surface area contributed by atoms with Crippen molar-refractivity contribution < 1.29 is 9.21 Å². The van der Waals surface area contributed by atoms with Gasteiger partial charge >= 0.3 is 0 Å². The number of fused-ring (bicyclic) bond motifs is 1. The number of hydrogen-bond donors (Lipinski definition) is 2. The molecular weight excluding hydrogens is 346 g/mol. The summed E-state index contributed by atoms with van der Waals surface area (Å²) in [7, 11) is 0. The van der Waals surface area contributed by atoms with Crippen LogP contribution in [0.25, 0.3) is 22.6 Å². The lowest BCUT2D eigenvalue weighted by Gasteiger charge is -2.09. The minimum absolute atomic E-state index is 0.0846. The summed E-state index contributed by atoms with van der Waals surface area (Å²) >= 11 is 5.15. The summed E-state index contributed by atoms with van der Waals surface area (Å²) in [6.07, 6.45) is 1.24. The fourth-order valence-corrected chi connectivity index (χ4v) is 2.81. The zero-order valence-corrected chi connectivity index (χ0v) is 15.9. The topological polar surface area (TPSA) is 67.2 Å². The fourth-order valence-electron chi connectivity index (χ4n) is 2.58. The zero-order chi connectivity index (χ0) is 18.7. The molecule has 0 bridgehead atoms. The lowest BCUT2D eigenvalue weighted by Crippen LogP contribution is -2.33. The van der Waals surface area contributed by atoms with Gasteiger partial charge < -0.3 is 15.1 Å². The predicted octanol–water partition coefficient (Wildman–Crippen LogP) is 4.72. The Kier molecular flexibility index (Phi) is 5.32. The van der Waals surface area contributed by atoms with Gasteiger partial charge in [-0.25, -0.2) is 4.98 Å². The zero-order valence-electron chi connectivity index (χ0n) is 15.1. The van der Waals surface area contributed by atoms with Crippen molar-refractivity contribution in [3.05, 3.63) is 47.5 Å². The van der Waals surface area contributed by atoms with Gasteiger partial charge in [-0.05, 0) is 80.0 Å². The average Bonchev–Trinajstić information content (AvgIpc) is 2.98. The number of carbonyl (C=O) groups excluding carboxylic acids is 1. The highest BCUT2D eigenvalue weighted by molar-refractivity contribution is 7.80. The normalized spacial score (nSPS) is 10.7. The second-order valence-corrected chi connectivity index (χ2v) is 6.66. The fraction of sp³-hybridized carbons (Fsp3) is 0.250. The van der Waals surface area contributed by atoms with Crippen LogP contribution in [0, 0.1) is 13.8 Å². The molecule has 5 nitrogen and oxygen atoms in total. The van der Waals surface area contributed by atoms with Crippen molar-refractivity contribution in [1.82, 2.24) is 10.3 Å². The van der Waals surface area contributed by atoms with Gasteiger partial charge in [0.15, 0.2) is 10.7 Å². The van der Waals surface area contributed by atoms with Crippen molar-refractivity contribution in [1.29, 1.82) is 0 Å². The van der Waals surface area contributed by atoms with Gasteiger partial charge in [0.1, 0.15) is 5.52 Å². The Morgan fingerprint density at radius 3 is 2.54 bits per heavy atom. The summed E-state index contributed by atoms with van der Waals surface area (Å²) in [5, 5.41) is 5.95. The molecule has 3 rings (SSSR count). The van der Waals surface area contributed by atoms with Crippen LogP contribution in [-0.2, 0) is 4.79 Å². The summed E-state index contributed by atoms with van der Waals surface area (Å²) in [4.78, 5) is 16.1. The molecule has 1 amide bonds. The van der Waals surface area contributed by atoms with E-state index in [1.54, 1.807) is 0 Å². The number of amides is 1. The Morgan fingerprint density at radius 2 is 1.85 bits per heavy atom. The maximum atomic E-state index is 11.6. The number of aromatic nitrogens is 1. The highest BCUT2D eigenvalue weighted by Gasteiger charge is 2.10. The van der Waals surface area contributed by atoms with Gasteiger partial charge in [-0.1, -0.05) is 6.92 Å². The monoisotopic (exact) mass is 367 g/mol. The molecule has 0 atom stereocenters. The molecule has 0 saturated heterocycles. The van der Waals surface area contributed by atoms with E-state index in [2.05, 4.69) is 29.5 Å². The number of thiocarbonyl (C=S) groups is 1. The van der Waals surface area contributed by atoms with Crippen molar-refractivity contribution in [2.24, 2.45) is 0 Å². The van der Waals surface area contributed by atoms with Crippen molar-refractivity contribution in [2.45, 2.75) is 33.6 Å². The summed E-state index contributed by atoms with van der Waals surface area (Å²) in [5.74, 6) is 0.494. The standard InChI is InChI=1S/C20H21N3O2S/c1-4-5-18(24)23-20(26)21-15-8-6-14(7-9-15)19-22-16-10-12(2)13(3)11-17(16)25-19/h6-11H,4-5H2,1-3H3,(H2,21,23,24,26). The number of hydrogen-bond acceptors (Lipinski definition) is 4. The molecule has 0 aliphatic heterocycles. The maximum absolute atomic E-state index is 11.6. The maximum Gasteiger partial charge on any atom is 0.227 e. The Bertz CT molecular complexity index is 922. The number of oxazole rings is 1. The molecule has 134 valence electrons. The van der Waals surface area contributed by atoms with Gasteiger partial charge in [0.05, 0.1) is 0 Å². The first-order chi connectivity index (χ1) is 12.5. The lowest BCUT2D eigenvalue weighted by molar-refractivity contribution is -0.119. The van der Waals surface area contributed by atoms with Gasteiger partial charge in [-0.2, -0.15) is 0 Å². The van der Waals surface area contributed by atoms with Crippen LogP contribution in [0.4, 0.5) is 5.69 Å². The first kappa shape index (κ1) is 18.1. The van der Waals surface area contributed by atoms with Crippen molar-refractivity contribution in [2.75, 3.05) is 5.32 Å². The Balaban J connectivity index is 1.73. The average molecular weight is 367 g/mol. The van der Waals surface area contributed by atoms with Crippen LogP contribution in [0.3, 0.4) is 0 Å². The minimum atomic E-state index is -0.0846. The van der Waals surface area contributed by atoms with Gasteiger partial charge in [0.25, 0.3) is 0 Å². The van der Waals surface area contributed by atoms with E-state index in [0.29, 0.717) is 17.4 Å². The number of rotatable bonds is 4. The molecule has 2 aromatic carbocycles. The second kappa shape index (κ2) is 7.66. The highest BCUT2D eigenvalue weighted by Crippen LogP contribution is 2.27. The predicted molar refractivity (Wildman–Crippen MR) is 108 cm³/mol. The van der Waals surface area contributed by atoms with Gasteiger partial charge in [-0.15, -0.1) is 0 Å². The molecule has 0 fully saturated rings. The van der Waals surface area contributed by atoms with Gasteiger partial charge in [0.2, 0.25) is 11.8 Å². The van der Waals surface area contributed by atoms with Crippen LogP contribution in [0.2, 0.25) is 0 Å². The number of aryl methyl sites for hydroxylation is 2. The Labute approximate surface area is 157 Å². The van der Waals surface area contributed by atoms with E-state index in [0.717, 1.165) is 28.8 Å². The van der Waals surface area contributed by atoms with Crippen molar-refractivity contribution in [3.8, 4) is 11.5 Å². The van der Waals surface area contributed by atoms with E-state index in [1.165, 1.54) is 11.1 Å². The van der Waals surface area contributed by atoms with E-state index in [4.69, 9.17) is 16.6 Å². The number of nitrogens with one attached hydrogen (secondary N) is 2. The van der Waals surface area contributed by atoms with Crippen LogP contribution < -0.4 is 10.6 Å². The SMILES string of the molecule is CCCC(=O)NC(=S)Nc1ccc(-c2nc3cc(C)c(C)cc3o2)cc1. The molecule has 1 heterocycles. The molecule has 2 N–H and O–H groups in total. The van der Waals surface area contributed by atoms with E-state index in [1.807, 2.05) is 43.3 Å². The van der Waals surface area contributed by atoms with Crippen LogP contribution >= 0.6 is 12.2 Å². The van der Waals surface area contributed by atoms with E-state index >= 15 is 0 Å².